The fraction of sp³-hybridized carbons (Fsp3) is 0.381. The van der Waals surface area contributed by atoms with Crippen molar-refractivity contribution in [2.75, 3.05) is 13.6 Å². The van der Waals surface area contributed by atoms with Crippen LogP contribution in [0.5, 0.6) is 0 Å². The Morgan fingerprint density at radius 1 is 1.21 bits per heavy atom. The Balaban J connectivity index is 1.83. The third-order valence-electron chi connectivity index (χ3n) is 4.15. The van der Waals surface area contributed by atoms with Gasteiger partial charge in [-0.25, -0.2) is 4.68 Å². The lowest BCUT2D eigenvalue weighted by Crippen LogP contribution is -2.45. The summed E-state index contributed by atoms with van der Waals surface area (Å²) in [5, 5.41) is 7.64. The van der Waals surface area contributed by atoms with Gasteiger partial charge in [0.2, 0.25) is 5.91 Å². The number of benzene rings is 1. The predicted octanol–water partition coefficient (Wildman–Crippen LogP) is 3.53. The Morgan fingerprint density at radius 2 is 1.93 bits per heavy atom. The van der Waals surface area contributed by atoms with Gasteiger partial charge in [-0.15, -0.1) is 5.10 Å². The van der Waals surface area contributed by atoms with Gasteiger partial charge in [-0.2, -0.15) is 0 Å². The summed E-state index contributed by atoms with van der Waals surface area (Å²) in [6.45, 7) is 7.11. The zero-order valence-corrected chi connectivity index (χ0v) is 18.1. The second kappa shape index (κ2) is 8.75. The van der Waals surface area contributed by atoms with E-state index in [1.807, 2.05) is 79.8 Å². The Bertz CT molecular complexity index is 1000. The number of carbonyl (C=O) groups is 1. The summed E-state index contributed by atoms with van der Waals surface area (Å²) in [5.74, 6) is 1.27. The molecule has 0 aliphatic rings. The number of likely N-dealkylation sites (N-methyl/N-ethyl adjacent to an activating group) is 1. The van der Waals surface area contributed by atoms with Crippen LogP contribution in [0.2, 0.25) is 0 Å². The first-order valence-corrected chi connectivity index (χ1v) is 9.89. The number of nitrogens with zero attached hydrogens (tertiary/aromatic N) is 4. The molecular formula is C21H27N5O2S. The van der Waals surface area contributed by atoms with Crippen LogP contribution in [-0.2, 0) is 18.0 Å². The number of aromatic nitrogens is 3. The van der Waals surface area contributed by atoms with E-state index in [0.29, 0.717) is 29.6 Å². The van der Waals surface area contributed by atoms with E-state index in [-0.39, 0.29) is 18.0 Å². The maximum atomic E-state index is 12.2. The number of hydrogen-bond acceptors (Lipinski definition) is 5. The van der Waals surface area contributed by atoms with E-state index in [9.17, 15) is 4.79 Å². The highest BCUT2D eigenvalue weighted by molar-refractivity contribution is 7.71. The summed E-state index contributed by atoms with van der Waals surface area (Å²) in [4.78, 5) is 14.1. The third kappa shape index (κ3) is 5.65. The molecule has 154 valence electrons. The fourth-order valence-corrected chi connectivity index (χ4v) is 3.26. The molecule has 2 heterocycles. The van der Waals surface area contributed by atoms with Gasteiger partial charge < -0.3 is 9.73 Å². The first kappa shape index (κ1) is 21.0. The van der Waals surface area contributed by atoms with E-state index >= 15 is 0 Å². The monoisotopic (exact) mass is 413 g/mol. The minimum atomic E-state index is -0.266. The van der Waals surface area contributed by atoms with Crippen molar-refractivity contribution in [3.05, 3.63) is 59.1 Å². The van der Waals surface area contributed by atoms with Crippen LogP contribution >= 0.6 is 12.2 Å². The minimum absolute atomic E-state index is 0.0403. The standard InChI is InChI=1S/C21H27N5O2S/c1-21(2,3)22-18(27)14-24(4)15-26-20(29)25(13-16-9-6-5-7-10-16)19(23-26)17-11-8-12-28-17/h5-12H,13-15H2,1-4H3,(H,22,27). The van der Waals surface area contributed by atoms with Gasteiger partial charge in [-0.3, -0.25) is 14.3 Å². The second-order valence-corrected chi connectivity index (χ2v) is 8.47. The van der Waals surface area contributed by atoms with Crippen molar-refractivity contribution in [1.82, 2.24) is 24.6 Å². The van der Waals surface area contributed by atoms with Crippen molar-refractivity contribution in [2.24, 2.45) is 0 Å². The normalized spacial score (nSPS) is 11.8. The molecule has 0 aliphatic heterocycles. The molecule has 7 nitrogen and oxygen atoms in total. The van der Waals surface area contributed by atoms with E-state index in [4.69, 9.17) is 16.6 Å². The van der Waals surface area contributed by atoms with Gasteiger partial charge in [0.15, 0.2) is 16.4 Å². The maximum absolute atomic E-state index is 12.2. The lowest BCUT2D eigenvalue weighted by Gasteiger charge is -2.23. The molecule has 0 fully saturated rings. The molecule has 0 radical (unpaired) electrons. The number of rotatable bonds is 7. The lowest BCUT2D eigenvalue weighted by atomic mass is 10.1. The average molecular weight is 414 g/mol. The zero-order valence-electron chi connectivity index (χ0n) is 17.3. The number of hydrogen-bond donors (Lipinski definition) is 1. The van der Waals surface area contributed by atoms with E-state index in [0.717, 1.165) is 5.56 Å². The number of nitrogens with one attached hydrogen (secondary N) is 1. The van der Waals surface area contributed by atoms with Gasteiger partial charge in [0, 0.05) is 5.54 Å². The summed E-state index contributed by atoms with van der Waals surface area (Å²) in [6, 6.07) is 13.8. The van der Waals surface area contributed by atoms with Crippen LogP contribution < -0.4 is 5.32 Å². The van der Waals surface area contributed by atoms with E-state index < -0.39 is 0 Å². The molecule has 3 aromatic rings. The molecule has 2 aromatic heterocycles. The second-order valence-electron chi connectivity index (χ2n) is 8.11. The molecule has 0 saturated heterocycles. The van der Waals surface area contributed by atoms with Crippen molar-refractivity contribution < 1.29 is 9.21 Å². The highest BCUT2D eigenvalue weighted by Gasteiger charge is 2.18. The Morgan fingerprint density at radius 3 is 2.55 bits per heavy atom. The topological polar surface area (TPSA) is 68.2 Å². The molecule has 0 bridgehead atoms. The van der Waals surface area contributed by atoms with Crippen molar-refractivity contribution in [3.8, 4) is 11.6 Å². The Kier molecular flexibility index (Phi) is 6.34. The molecule has 0 spiro atoms. The Hall–Kier alpha value is -2.71. The van der Waals surface area contributed by atoms with E-state index in [1.54, 1.807) is 10.9 Å². The smallest absolute Gasteiger partial charge is 0.234 e. The van der Waals surface area contributed by atoms with Gasteiger partial charge in [0.25, 0.3) is 0 Å². The Labute approximate surface area is 175 Å². The number of amides is 1. The van der Waals surface area contributed by atoms with Crippen LogP contribution in [-0.4, -0.2) is 44.3 Å². The first-order chi connectivity index (χ1) is 13.7. The van der Waals surface area contributed by atoms with Crippen molar-refractivity contribution in [2.45, 2.75) is 39.5 Å². The van der Waals surface area contributed by atoms with Gasteiger partial charge in [0.1, 0.15) is 0 Å². The van der Waals surface area contributed by atoms with Crippen molar-refractivity contribution in [1.29, 1.82) is 0 Å². The first-order valence-electron chi connectivity index (χ1n) is 9.48. The lowest BCUT2D eigenvalue weighted by molar-refractivity contribution is -0.123. The van der Waals surface area contributed by atoms with Gasteiger partial charge in [-0.05, 0) is 57.7 Å². The molecular weight excluding hydrogens is 386 g/mol. The molecule has 1 amide bonds. The number of carbonyl (C=O) groups excluding carboxylic acids is 1. The molecule has 0 atom stereocenters. The summed E-state index contributed by atoms with van der Waals surface area (Å²) in [5.41, 5.74) is 0.853. The summed E-state index contributed by atoms with van der Waals surface area (Å²) in [7, 11) is 1.87. The van der Waals surface area contributed by atoms with Crippen LogP contribution in [0.3, 0.4) is 0 Å². The van der Waals surface area contributed by atoms with Crippen molar-refractivity contribution >= 4 is 18.1 Å². The predicted molar refractivity (Wildman–Crippen MR) is 115 cm³/mol. The maximum Gasteiger partial charge on any atom is 0.234 e. The van der Waals surface area contributed by atoms with Crippen LogP contribution in [0.4, 0.5) is 0 Å². The molecule has 0 unspecified atom stereocenters. The molecule has 29 heavy (non-hydrogen) atoms. The van der Waals surface area contributed by atoms with Crippen molar-refractivity contribution in [3.63, 3.8) is 0 Å². The molecule has 1 N–H and O–H groups in total. The summed E-state index contributed by atoms with van der Waals surface area (Å²) in [6.07, 6.45) is 1.62. The highest BCUT2D eigenvalue weighted by Crippen LogP contribution is 2.20. The average Bonchev–Trinajstić information content (AvgIpc) is 3.25. The van der Waals surface area contributed by atoms with Crippen LogP contribution in [0.1, 0.15) is 26.3 Å². The van der Waals surface area contributed by atoms with E-state index in [2.05, 4.69) is 10.4 Å². The van der Waals surface area contributed by atoms with Gasteiger partial charge >= 0.3 is 0 Å². The third-order valence-corrected chi connectivity index (χ3v) is 4.58. The van der Waals surface area contributed by atoms with Crippen LogP contribution in [0, 0.1) is 4.77 Å². The highest BCUT2D eigenvalue weighted by atomic mass is 32.1. The fourth-order valence-electron chi connectivity index (χ4n) is 3.01. The quantitative estimate of drug-likeness (QED) is 0.600. The molecule has 0 saturated carbocycles. The van der Waals surface area contributed by atoms with Crippen LogP contribution in [0.25, 0.3) is 11.6 Å². The molecule has 0 aliphatic carbocycles. The molecule has 8 heteroatoms. The molecule has 1 aromatic carbocycles. The summed E-state index contributed by atoms with van der Waals surface area (Å²) >= 11 is 5.70. The SMILES string of the molecule is CN(CC(=O)NC(C)(C)C)Cn1nc(-c2ccco2)n(Cc2ccccc2)c1=S. The van der Waals surface area contributed by atoms with Gasteiger partial charge in [0.05, 0.1) is 26.0 Å². The van der Waals surface area contributed by atoms with Gasteiger partial charge in [-0.1, -0.05) is 30.3 Å². The zero-order chi connectivity index (χ0) is 21.0. The summed E-state index contributed by atoms with van der Waals surface area (Å²) < 4.78 is 9.82. The minimum Gasteiger partial charge on any atom is -0.461 e. The largest absolute Gasteiger partial charge is 0.461 e. The van der Waals surface area contributed by atoms with Crippen LogP contribution in [0.15, 0.2) is 53.1 Å². The van der Waals surface area contributed by atoms with E-state index in [1.165, 1.54) is 0 Å². The molecule has 3 rings (SSSR count). The number of furan rings is 1.